The lowest BCUT2D eigenvalue weighted by atomic mass is 9.76. The first-order valence-corrected chi connectivity index (χ1v) is 14.7. The molecule has 8 heteroatoms. The van der Waals surface area contributed by atoms with Crippen LogP contribution in [0, 0.1) is 18.8 Å². The number of rotatable bonds is 10. The van der Waals surface area contributed by atoms with Gasteiger partial charge in [-0.15, -0.1) is 0 Å². The molecule has 40 heavy (non-hydrogen) atoms. The average molecular weight is 564 g/mol. The van der Waals surface area contributed by atoms with Crippen LogP contribution in [0.3, 0.4) is 0 Å². The second-order valence-electron chi connectivity index (χ2n) is 9.28. The van der Waals surface area contributed by atoms with Crippen LogP contribution in [0.25, 0.3) is 0 Å². The molecule has 1 aromatic rings. The summed E-state index contributed by atoms with van der Waals surface area (Å²) in [6.07, 6.45) is 21.7. The monoisotopic (exact) mass is 563 g/mol. The van der Waals surface area contributed by atoms with E-state index in [1.54, 1.807) is 0 Å². The maximum atomic E-state index is 8.58. The number of aryl methyl sites for hydroxylation is 2. The number of hydrogen-bond donors (Lipinski definition) is 4. The molecule has 1 aliphatic carbocycles. The van der Waals surface area contributed by atoms with Crippen molar-refractivity contribution in [1.29, 1.82) is 0 Å². The highest BCUT2D eigenvalue weighted by Crippen LogP contribution is 2.34. The fourth-order valence-electron chi connectivity index (χ4n) is 4.10. The van der Waals surface area contributed by atoms with Gasteiger partial charge in [-0.25, -0.2) is 0 Å². The minimum absolute atomic E-state index is 0.250. The van der Waals surface area contributed by atoms with Gasteiger partial charge in [0.1, 0.15) is 0 Å². The van der Waals surface area contributed by atoms with Gasteiger partial charge < -0.3 is 22.9 Å². The Bertz CT molecular complexity index is 704. The predicted octanol–water partition coefficient (Wildman–Crippen LogP) is 6.28. The minimum atomic E-state index is 0.250. The van der Waals surface area contributed by atoms with Gasteiger partial charge in [-0.3, -0.25) is 19.4 Å². The van der Waals surface area contributed by atoms with Gasteiger partial charge >= 0.3 is 0 Å². The number of allylic oxidation sites excluding steroid dienone is 1. The van der Waals surface area contributed by atoms with Crippen LogP contribution in [-0.4, -0.2) is 32.5 Å². The van der Waals surface area contributed by atoms with Crippen molar-refractivity contribution < 1.29 is 14.4 Å². The van der Waals surface area contributed by atoms with Crippen LogP contribution in [0.1, 0.15) is 109 Å². The predicted molar refractivity (Wildman–Crippen MR) is 174 cm³/mol. The molecule has 1 aromatic carbocycles. The first kappa shape index (κ1) is 44.0. The summed E-state index contributed by atoms with van der Waals surface area (Å²) in [4.78, 5) is 29.6. The molecular weight excluding hydrogens is 502 g/mol. The number of unbranched alkanes of at least 4 members (excludes halogenated alkanes) is 2. The zero-order valence-electron chi connectivity index (χ0n) is 26.2. The molecule has 0 radical (unpaired) electrons. The molecule has 0 aliphatic heterocycles. The fourth-order valence-corrected chi connectivity index (χ4v) is 4.10. The molecule has 0 bridgehead atoms. The summed E-state index contributed by atoms with van der Waals surface area (Å²) in [7, 11) is 0. The van der Waals surface area contributed by atoms with Gasteiger partial charge in [0.15, 0.2) is 0 Å². The molecule has 0 heterocycles. The lowest BCUT2D eigenvalue weighted by Crippen LogP contribution is -2.17. The molecule has 0 aromatic heterocycles. The molecule has 0 spiro atoms. The molecule has 0 saturated heterocycles. The summed E-state index contributed by atoms with van der Waals surface area (Å²) in [5.41, 5.74) is 21.6. The largest absolute Gasteiger partial charge is 0.372 e. The normalized spacial score (nSPS) is 12.4. The van der Waals surface area contributed by atoms with Crippen molar-refractivity contribution in [2.45, 2.75) is 112 Å². The van der Waals surface area contributed by atoms with Gasteiger partial charge in [0.2, 0.25) is 19.2 Å². The van der Waals surface area contributed by atoms with Crippen LogP contribution in [0.15, 0.2) is 35.3 Å². The molecule has 1 fully saturated rings. The Morgan fingerprint density at radius 2 is 1.43 bits per heavy atom. The second kappa shape index (κ2) is 38.1. The SMILES string of the molecule is C=Nc1ccc(CC)cc1C.CCCC.CCCCC(C/C=C/CN)C1CCCCC1.NC=O.NC=O.NC=O. The molecule has 8 N–H and O–H groups in total. The van der Waals surface area contributed by atoms with E-state index in [1.165, 1.54) is 81.8 Å². The highest BCUT2D eigenvalue weighted by molar-refractivity contribution is 5.52. The molecule has 1 unspecified atom stereocenters. The zero-order chi connectivity index (χ0) is 31.4. The molecule has 2 rings (SSSR count). The number of primary amides is 3. The molecule has 3 amide bonds. The van der Waals surface area contributed by atoms with Crippen molar-refractivity contribution in [2.24, 2.45) is 39.8 Å². The van der Waals surface area contributed by atoms with Crippen molar-refractivity contribution >= 4 is 31.6 Å². The molecule has 1 atom stereocenters. The van der Waals surface area contributed by atoms with Crippen molar-refractivity contribution in [3.63, 3.8) is 0 Å². The molecule has 1 saturated carbocycles. The van der Waals surface area contributed by atoms with Crippen LogP contribution in [0.2, 0.25) is 0 Å². The van der Waals surface area contributed by atoms with Crippen LogP contribution >= 0.6 is 0 Å². The summed E-state index contributed by atoms with van der Waals surface area (Å²) >= 11 is 0. The number of amides is 3. The van der Waals surface area contributed by atoms with Crippen molar-refractivity contribution in [3.8, 4) is 0 Å². The minimum Gasteiger partial charge on any atom is -0.372 e. The van der Waals surface area contributed by atoms with Crippen LogP contribution < -0.4 is 22.9 Å². The quantitative estimate of drug-likeness (QED) is 0.149. The molecule has 232 valence electrons. The molecule has 1 aliphatic rings. The Balaban J connectivity index is -0.000000232. The maximum absolute atomic E-state index is 8.58. The van der Waals surface area contributed by atoms with Gasteiger partial charge in [0.05, 0.1) is 5.69 Å². The van der Waals surface area contributed by atoms with E-state index in [4.69, 9.17) is 20.1 Å². The Labute approximate surface area is 245 Å². The zero-order valence-corrected chi connectivity index (χ0v) is 26.2. The Hall–Kier alpha value is -3.00. The third-order valence-electron chi connectivity index (χ3n) is 6.33. The van der Waals surface area contributed by atoms with Gasteiger partial charge in [-0.1, -0.05) is 110 Å². The summed E-state index contributed by atoms with van der Waals surface area (Å²) in [6.45, 7) is 15.1. The van der Waals surface area contributed by atoms with E-state index in [0.717, 1.165) is 23.9 Å². The number of hydrogen-bond acceptors (Lipinski definition) is 5. The van der Waals surface area contributed by atoms with Crippen molar-refractivity contribution in [1.82, 2.24) is 0 Å². The molecule has 8 nitrogen and oxygen atoms in total. The first-order valence-electron chi connectivity index (χ1n) is 14.7. The van der Waals surface area contributed by atoms with E-state index in [9.17, 15) is 0 Å². The number of nitrogens with two attached hydrogens (primary N) is 4. The highest BCUT2D eigenvalue weighted by atomic mass is 16.1. The van der Waals surface area contributed by atoms with Crippen LogP contribution in [0.5, 0.6) is 0 Å². The Morgan fingerprint density at radius 1 is 0.900 bits per heavy atom. The van der Waals surface area contributed by atoms with Crippen LogP contribution in [0.4, 0.5) is 5.69 Å². The van der Waals surface area contributed by atoms with E-state index >= 15 is 0 Å². The summed E-state index contributed by atoms with van der Waals surface area (Å²) < 4.78 is 0. The van der Waals surface area contributed by atoms with Crippen molar-refractivity contribution in [2.75, 3.05) is 6.54 Å². The van der Waals surface area contributed by atoms with E-state index in [-0.39, 0.29) is 19.2 Å². The lowest BCUT2D eigenvalue weighted by molar-refractivity contribution is -0.107. The van der Waals surface area contributed by atoms with Gasteiger partial charge in [-0.05, 0) is 61.9 Å². The van der Waals surface area contributed by atoms with Gasteiger partial charge in [-0.2, -0.15) is 0 Å². The summed E-state index contributed by atoms with van der Waals surface area (Å²) in [5, 5.41) is 0. The lowest BCUT2D eigenvalue weighted by Gasteiger charge is -2.29. The standard InChI is InChI=1S/C15H29N.C10H13N.C4H10.3CH3NO/c1-2-3-9-14(12-7-8-13-16)15-10-5-4-6-11-15;1-4-9-5-6-10(11-3)8(2)7-9;1-3-4-2;3*2-1-3/h7-8,14-15H,2-6,9-13,16H2,1H3;5-7H,3-4H2,1-2H3;3-4H2,1-2H3;3*1H,(H2,2,3)/b8-7+;;;;;. The molecular formula is C32H61N5O3. The van der Waals surface area contributed by atoms with E-state index < -0.39 is 0 Å². The fraction of sp³-hybridized carbons (Fsp3) is 0.625. The third kappa shape index (κ3) is 31.2. The number of carbonyl (C=O) groups is 3. The van der Waals surface area contributed by atoms with Gasteiger partial charge in [0, 0.05) is 6.54 Å². The smallest absolute Gasteiger partial charge is 0.204 e. The van der Waals surface area contributed by atoms with E-state index in [1.807, 2.05) is 6.07 Å². The highest BCUT2D eigenvalue weighted by Gasteiger charge is 2.21. The number of benzene rings is 1. The van der Waals surface area contributed by atoms with Crippen molar-refractivity contribution in [3.05, 3.63) is 41.5 Å². The second-order valence-corrected chi connectivity index (χ2v) is 9.28. The number of carbonyl (C=O) groups excluding carboxylic acids is 3. The maximum Gasteiger partial charge on any atom is 0.204 e. The number of aliphatic imine (C=N–C) groups is 1. The number of nitrogens with zero attached hydrogens (tertiary/aromatic N) is 1. The van der Waals surface area contributed by atoms with Gasteiger partial charge in [0.25, 0.3) is 0 Å². The third-order valence-corrected chi connectivity index (χ3v) is 6.33. The topological polar surface area (TPSA) is 168 Å². The summed E-state index contributed by atoms with van der Waals surface area (Å²) in [5.74, 6) is 1.94. The van der Waals surface area contributed by atoms with Crippen LogP contribution in [-0.2, 0) is 20.8 Å². The van der Waals surface area contributed by atoms with E-state index in [2.05, 4.69) is 87.8 Å². The first-order chi connectivity index (χ1) is 19.3. The Kier molecular flexibility index (Phi) is 42.0. The summed E-state index contributed by atoms with van der Waals surface area (Å²) in [6, 6.07) is 6.27. The van der Waals surface area contributed by atoms with E-state index in [0.29, 0.717) is 6.54 Å². The Morgan fingerprint density at radius 3 is 1.80 bits per heavy atom. The average Bonchev–Trinajstić information content (AvgIpc) is 2.97.